The molecule has 0 aromatic rings. The molecule has 0 aromatic carbocycles. The van der Waals surface area contributed by atoms with Crippen molar-refractivity contribution in [3.63, 3.8) is 0 Å². The lowest BCUT2D eigenvalue weighted by Crippen LogP contribution is -2.37. The summed E-state index contributed by atoms with van der Waals surface area (Å²) in [6, 6.07) is 0. The standard InChI is InChI=1S/C23H36F4O/c1-2-3-16-4-6-17(7-5-16)20-12-13-22(28-15-20)19-10-8-18(9-11-19)21(24)14-23(25,26)27/h14,16-20,22H,2-13,15H2,1H3. The second-order valence-electron chi connectivity index (χ2n) is 9.46. The lowest BCUT2D eigenvalue weighted by Gasteiger charge is -2.41. The van der Waals surface area contributed by atoms with Crippen LogP contribution in [0.2, 0.25) is 0 Å². The molecular weight excluding hydrogens is 368 g/mol. The number of halogens is 4. The van der Waals surface area contributed by atoms with Crippen LogP contribution in [0.5, 0.6) is 0 Å². The summed E-state index contributed by atoms with van der Waals surface area (Å²) in [6.45, 7) is 3.12. The molecule has 0 spiro atoms. The zero-order valence-corrected chi connectivity index (χ0v) is 17.2. The second kappa shape index (κ2) is 9.95. The molecule has 1 nitrogen and oxygen atoms in total. The Kier molecular flexibility index (Phi) is 7.86. The van der Waals surface area contributed by atoms with Gasteiger partial charge in [-0.3, -0.25) is 0 Å². The third-order valence-electron chi connectivity index (χ3n) is 7.59. The summed E-state index contributed by atoms with van der Waals surface area (Å²) >= 11 is 0. The van der Waals surface area contributed by atoms with Crippen LogP contribution >= 0.6 is 0 Å². The van der Waals surface area contributed by atoms with Gasteiger partial charge in [-0.05, 0) is 75.0 Å². The van der Waals surface area contributed by atoms with Gasteiger partial charge in [-0.2, -0.15) is 13.2 Å². The highest BCUT2D eigenvalue weighted by molar-refractivity contribution is 5.03. The van der Waals surface area contributed by atoms with E-state index in [1.165, 1.54) is 44.9 Å². The number of allylic oxidation sites excluding steroid dienone is 2. The zero-order chi connectivity index (χ0) is 20.1. The van der Waals surface area contributed by atoms with Gasteiger partial charge in [0.1, 0.15) is 5.83 Å². The Labute approximate surface area is 167 Å². The fraction of sp³-hybridized carbons (Fsp3) is 0.913. The summed E-state index contributed by atoms with van der Waals surface area (Å²) in [5.74, 6) is 1.26. The molecule has 0 amide bonds. The minimum Gasteiger partial charge on any atom is -0.378 e. The van der Waals surface area contributed by atoms with Gasteiger partial charge in [0.15, 0.2) is 0 Å². The van der Waals surface area contributed by atoms with Crippen molar-refractivity contribution >= 4 is 0 Å². The monoisotopic (exact) mass is 404 g/mol. The van der Waals surface area contributed by atoms with E-state index in [4.69, 9.17) is 4.74 Å². The van der Waals surface area contributed by atoms with Gasteiger partial charge in [-0.15, -0.1) is 0 Å². The van der Waals surface area contributed by atoms with Crippen molar-refractivity contribution in [1.82, 2.24) is 0 Å². The first-order chi connectivity index (χ1) is 13.4. The largest absolute Gasteiger partial charge is 0.412 e. The molecule has 2 aliphatic carbocycles. The zero-order valence-electron chi connectivity index (χ0n) is 17.2. The number of alkyl halides is 3. The number of rotatable bonds is 5. The van der Waals surface area contributed by atoms with Gasteiger partial charge in [0.05, 0.1) is 18.8 Å². The minimum absolute atomic E-state index is 0.158. The second-order valence-corrected chi connectivity index (χ2v) is 9.46. The number of ether oxygens (including phenoxy) is 1. The molecule has 2 atom stereocenters. The summed E-state index contributed by atoms with van der Waals surface area (Å²) in [5, 5.41) is 0. The molecule has 0 aromatic heterocycles. The third kappa shape index (κ3) is 6.21. The van der Waals surface area contributed by atoms with Crippen molar-refractivity contribution in [3.05, 3.63) is 11.9 Å². The van der Waals surface area contributed by atoms with Crippen LogP contribution in [0.3, 0.4) is 0 Å². The van der Waals surface area contributed by atoms with Gasteiger partial charge in [0, 0.05) is 5.92 Å². The van der Waals surface area contributed by atoms with Crippen LogP contribution in [0, 0.1) is 29.6 Å². The van der Waals surface area contributed by atoms with E-state index in [-0.39, 0.29) is 12.2 Å². The van der Waals surface area contributed by atoms with Gasteiger partial charge in [0.25, 0.3) is 0 Å². The Hall–Kier alpha value is -0.580. The number of hydrogen-bond acceptors (Lipinski definition) is 1. The molecule has 3 rings (SSSR count). The van der Waals surface area contributed by atoms with Crippen LogP contribution in [-0.4, -0.2) is 18.9 Å². The Morgan fingerprint density at radius 3 is 2.00 bits per heavy atom. The van der Waals surface area contributed by atoms with Crippen molar-refractivity contribution in [1.29, 1.82) is 0 Å². The first-order valence-electron chi connectivity index (χ1n) is 11.4. The maximum Gasteiger partial charge on any atom is 0.412 e. The van der Waals surface area contributed by atoms with Crippen molar-refractivity contribution in [2.75, 3.05) is 6.61 Å². The summed E-state index contributed by atoms with van der Waals surface area (Å²) in [6.07, 6.45) is 8.47. The molecule has 0 radical (unpaired) electrons. The fourth-order valence-electron chi connectivity index (χ4n) is 5.93. The molecule has 3 aliphatic rings. The smallest absolute Gasteiger partial charge is 0.378 e. The molecular formula is C23H36F4O. The van der Waals surface area contributed by atoms with E-state index in [1.807, 2.05) is 0 Å². The van der Waals surface area contributed by atoms with E-state index >= 15 is 0 Å². The summed E-state index contributed by atoms with van der Waals surface area (Å²) in [5.41, 5.74) is 0. The van der Waals surface area contributed by atoms with Crippen molar-refractivity contribution in [3.8, 4) is 0 Å². The van der Waals surface area contributed by atoms with Gasteiger partial charge in [-0.1, -0.05) is 32.6 Å². The van der Waals surface area contributed by atoms with E-state index < -0.39 is 17.9 Å². The van der Waals surface area contributed by atoms with E-state index in [0.717, 1.165) is 37.7 Å². The molecule has 1 heterocycles. The molecule has 3 fully saturated rings. The molecule has 1 saturated heterocycles. The number of hydrogen-bond donors (Lipinski definition) is 0. The average Bonchev–Trinajstić information content (AvgIpc) is 2.68. The fourth-order valence-corrected chi connectivity index (χ4v) is 5.93. The van der Waals surface area contributed by atoms with E-state index in [1.54, 1.807) is 0 Å². The highest BCUT2D eigenvalue weighted by Gasteiger charge is 2.36. The topological polar surface area (TPSA) is 9.23 Å². The first kappa shape index (κ1) is 22.1. The normalized spacial score (nSPS) is 38.4. The first-order valence-corrected chi connectivity index (χ1v) is 11.4. The third-order valence-corrected chi connectivity index (χ3v) is 7.59. The predicted molar refractivity (Wildman–Crippen MR) is 104 cm³/mol. The van der Waals surface area contributed by atoms with Crippen LogP contribution in [0.25, 0.3) is 0 Å². The van der Waals surface area contributed by atoms with Crippen molar-refractivity contribution < 1.29 is 22.3 Å². The van der Waals surface area contributed by atoms with Crippen LogP contribution in [0.1, 0.15) is 84.0 Å². The maximum absolute atomic E-state index is 13.8. The SMILES string of the molecule is CCCC1CCC(C2CCC(C3CCC(C(F)=CC(F)(F)F)CC3)OC2)CC1. The van der Waals surface area contributed by atoms with Crippen molar-refractivity contribution in [2.45, 2.75) is 96.3 Å². The van der Waals surface area contributed by atoms with Crippen LogP contribution in [0.15, 0.2) is 11.9 Å². The Balaban J connectivity index is 1.39. The minimum atomic E-state index is -4.56. The lowest BCUT2D eigenvalue weighted by atomic mass is 9.71. The van der Waals surface area contributed by atoms with Crippen LogP contribution in [-0.2, 0) is 4.74 Å². The highest BCUT2D eigenvalue weighted by Crippen LogP contribution is 2.43. The van der Waals surface area contributed by atoms with E-state index in [0.29, 0.717) is 24.7 Å². The molecule has 2 unspecified atom stereocenters. The van der Waals surface area contributed by atoms with E-state index in [2.05, 4.69) is 6.92 Å². The van der Waals surface area contributed by atoms with Crippen LogP contribution < -0.4 is 0 Å². The van der Waals surface area contributed by atoms with Gasteiger partial charge in [-0.25, -0.2) is 4.39 Å². The quantitative estimate of drug-likeness (QED) is 0.428. The Morgan fingerprint density at radius 1 is 0.857 bits per heavy atom. The molecule has 162 valence electrons. The van der Waals surface area contributed by atoms with Crippen molar-refractivity contribution in [2.24, 2.45) is 29.6 Å². The molecule has 2 saturated carbocycles. The highest BCUT2D eigenvalue weighted by atomic mass is 19.4. The predicted octanol–water partition coefficient (Wildman–Crippen LogP) is 7.61. The molecule has 0 N–H and O–H groups in total. The molecule has 28 heavy (non-hydrogen) atoms. The molecule has 0 bridgehead atoms. The van der Waals surface area contributed by atoms with Gasteiger partial charge in [0.2, 0.25) is 0 Å². The summed E-state index contributed by atoms with van der Waals surface area (Å²) in [4.78, 5) is 0. The molecule has 1 aliphatic heterocycles. The maximum atomic E-state index is 13.8. The lowest BCUT2D eigenvalue weighted by molar-refractivity contribution is -0.0832. The Bertz CT molecular complexity index is 491. The Morgan fingerprint density at radius 2 is 1.46 bits per heavy atom. The van der Waals surface area contributed by atoms with E-state index in [9.17, 15) is 17.6 Å². The van der Waals surface area contributed by atoms with Crippen LogP contribution in [0.4, 0.5) is 17.6 Å². The summed E-state index contributed by atoms with van der Waals surface area (Å²) < 4.78 is 57.1. The average molecular weight is 405 g/mol. The molecule has 5 heteroatoms. The van der Waals surface area contributed by atoms with Gasteiger partial charge < -0.3 is 4.74 Å². The summed E-state index contributed by atoms with van der Waals surface area (Å²) in [7, 11) is 0. The van der Waals surface area contributed by atoms with Gasteiger partial charge >= 0.3 is 6.18 Å².